The Balaban J connectivity index is 2.15. The number of benzene rings is 1. The van der Waals surface area contributed by atoms with Crippen LogP contribution in [0.3, 0.4) is 0 Å². The summed E-state index contributed by atoms with van der Waals surface area (Å²) >= 11 is 0. The van der Waals surface area contributed by atoms with E-state index in [4.69, 9.17) is 15.2 Å². The van der Waals surface area contributed by atoms with Crippen LogP contribution in [0.2, 0.25) is 0 Å². The zero-order valence-corrected chi connectivity index (χ0v) is 10.8. The van der Waals surface area contributed by atoms with Gasteiger partial charge in [0.25, 0.3) is 0 Å². The van der Waals surface area contributed by atoms with Gasteiger partial charge in [0.2, 0.25) is 0 Å². The number of methoxy groups -OCH3 is 2. The number of hydrogen-bond donors (Lipinski definition) is 1. The molecule has 7 nitrogen and oxygen atoms in total. The van der Waals surface area contributed by atoms with Gasteiger partial charge in [-0.3, -0.25) is 0 Å². The number of nitrogen functional groups attached to an aromatic ring is 1. The van der Waals surface area contributed by atoms with Crippen molar-refractivity contribution in [3.05, 3.63) is 12.1 Å². The molecule has 2 N–H and O–H groups in total. The third-order valence-electron chi connectivity index (χ3n) is 3.20. The van der Waals surface area contributed by atoms with Crippen molar-refractivity contribution in [1.82, 2.24) is 20.2 Å². The lowest BCUT2D eigenvalue weighted by atomic mass is 10.1. The largest absolute Gasteiger partial charge is 0.497 e. The minimum atomic E-state index is 0.376. The van der Waals surface area contributed by atoms with Crippen LogP contribution in [0.15, 0.2) is 12.1 Å². The Bertz CT molecular complexity index is 606. The van der Waals surface area contributed by atoms with Gasteiger partial charge in [0.05, 0.1) is 31.5 Å². The normalized spacial score (nSPS) is 14.4. The van der Waals surface area contributed by atoms with Crippen molar-refractivity contribution in [1.29, 1.82) is 0 Å². The van der Waals surface area contributed by atoms with Crippen molar-refractivity contribution >= 4 is 5.69 Å². The SMILES string of the molecule is COc1cc(OC)c(N)c(-c2nnnn2C2CC2)c1. The summed E-state index contributed by atoms with van der Waals surface area (Å²) in [7, 11) is 3.16. The van der Waals surface area contributed by atoms with E-state index in [1.807, 2.05) is 10.7 Å². The molecule has 0 radical (unpaired) electrons. The molecule has 0 saturated heterocycles. The van der Waals surface area contributed by atoms with Gasteiger partial charge in [-0.15, -0.1) is 5.10 Å². The summed E-state index contributed by atoms with van der Waals surface area (Å²) in [6.45, 7) is 0. The zero-order valence-electron chi connectivity index (χ0n) is 10.8. The van der Waals surface area contributed by atoms with Gasteiger partial charge in [0.15, 0.2) is 5.82 Å². The van der Waals surface area contributed by atoms with Crippen molar-refractivity contribution in [3.63, 3.8) is 0 Å². The van der Waals surface area contributed by atoms with E-state index in [0.29, 0.717) is 29.1 Å². The predicted molar refractivity (Wildman–Crippen MR) is 69.0 cm³/mol. The Hall–Kier alpha value is -2.31. The Morgan fingerprint density at radius 1 is 1.26 bits per heavy atom. The van der Waals surface area contributed by atoms with Crippen LogP contribution in [0.5, 0.6) is 11.5 Å². The van der Waals surface area contributed by atoms with Gasteiger partial charge >= 0.3 is 0 Å². The Kier molecular flexibility index (Phi) is 2.73. The topological polar surface area (TPSA) is 88.1 Å². The summed E-state index contributed by atoms with van der Waals surface area (Å²) in [6.07, 6.45) is 2.19. The van der Waals surface area contributed by atoms with Crippen LogP contribution in [0.25, 0.3) is 11.4 Å². The molecule has 1 fully saturated rings. The van der Waals surface area contributed by atoms with Gasteiger partial charge in [-0.05, 0) is 29.3 Å². The van der Waals surface area contributed by atoms with E-state index in [1.54, 1.807) is 20.3 Å². The van der Waals surface area contributed by atoms with E-state index >= 15 is 0 Å². The van der Waals surface area contributed by atoms with Gasteiger partial charge in [-0.1, -0.05) is 0 Å². The molecule has 7 heteroatoms. The van der Waals surface area contributed by atoms with Crippen molar-refractivity contribution in [2.45, 2.75) is 18.9 Å². The summed E-state index contributed by atoms with van der Waals surface area (Å²) in [5.41, 5.74) is 7.35. The van der Waals surface area contributed by atoms with Crippen molar-refractivity contribution in [3.8, 4) is 22.9 Å². The Morgan fingerprint density at radius 2 is 2.05 bits per heavy atom. The van der Waals surface area contributed by atoms with Crippen LogP contribution in [0.4, 0.5) is 5.69 Å². The fourth-order valence-corrected chi connectivity index (χ4v) is 2.01. The molecule has 0 amide bonds. The number of anilines is 1. The van der Waals surface area contributed by atoms with Crippen LogP contribution in [-0.2, 0) is 0 Å². The lowest BCUT2D eigenvalue weighted by Gasteiger charge is -2.12. The van der Waals surface area contributed by atoms with Crippen LogP contribution in [0, 0.1) is 0 Å². The van der Waals surface area contributed by atoms with E-state index < -0.39 is 0 Å². The van der Waals surface area contributed by atoms with Gasteiger partial charge < -0.3 is 15.2 Å². The second kappa shape index (κ2) is 4.42. The van der Waals surface area contributed by atoms with E-state index in [9.17, 15) is 0 Å². The maximum atomic E-state index is 6.11. The summed E-state index contributed by atoms with van der Waals surface area (Å²) in [6, 6.07) is 3.94. The fraction of sp³-hybridized carbons (Fsp3) is 0.417. The molecule has 3 rings (SSSR count). The molecular formula is C12H15N5O2. The van der Waals surface area contributed by atoms with Crippen LogP contribution >= 0.6 is 0 Å². The van der Waals surface area contributed by atoms with Gasteiger partial charge in [0.1, 0.15) is 11.5 Å². The molecule has 19 heavy (non-hydrogen) atoms. The van der Waals surface area contributed by atoms with Crippen molar-refractivity contribution < 1.29 is 9.47 Å². The number of tetrazole rings is 1. The van der Waals surface area contributed by atoms with Crippen LogP contribution < -0.4 is 15.2 Å². The molecule has 1 aliphatic carbocycles. The highest BCUT2D eigenvalue weighted by Gasteiger charge is 2.29. The lowest BCUT2D eigenvalue weighted by molar-refractivity contribution is 0.396. The minimum Gasteiger partial charge on any atom is -0.497 e. The third kappa shape index (κ3) is 1.96. The van der Waals surface area contributed by atoms with Crippen LogP contribution in [-0.4, -0.2) is 34.4 Å². The molecule has 1 saturated carbocycles. The molecule has 100 valence electrons. The second-order valence-electron chi connectivity index (χ2n) is 4.47. The number of ether oxygens (including phenoxy) is 2. The zero-order chi connectivity index (χ0) is 13.4. The summed E-state index contributed by atoms with van der Waals surface area (Å²) in [5.74, 6) is 1.86. The monoisotopic (exact) mass is 261 g/mol. The van der Waals surface area contributed by atoms with Gasteiger partial charge in [0, 0.05) is 6.07 Å². The lowest BCUT2D eigenvalue weighted by Crippen LogP contribution is -2.03. The minimum absolute atomic E-state index is 0.376. The number of aromatic nitrogens is 4. The molecular weight excluding hydrogens is 246 g/mol. The maximum Gasteiger partial charge on any atom is 0.184 e. The third-order valence-corrected chi connectivity index (χ3v) is 3.20. The van der Waals surface area contributed by atoms with E-state index in [0.717, 1.165) is 18.4 Å². The summed E-state index contributed by atoms with van der Waals surface area (Å²) in [5, 5.41) is 11.8. The average molecular weight is 261 g/mol. The maximum absolute atomic E-state index is 6.11. The van der Waals surface area contributed by atoms with Gasteiger partial charge in [-0.2, -0.15) is 0 Å². The quantitative estimate of drug-likeness (QED) is 0.834. The molecule has 0 bridgehead atoms. The van der Waals surface area contributed by atoms with Crippen LogP contribution in [0.1, 0.15) is 18.9 Å². The highest BCUT2D eigenvalue weighted by atomic mass is 16.5. The first-order chi connectivity index (χ1) is 9.24. The van der Waals surface area contributed by atoms with Crippen molar-refractivity contribution in [2.75, 3.05) is 20.0 Å². The smallest absolute Gasteiger partial charge is 0.184 e. The van der Waals surface area contributed by atoms with Gasteiger partial charge in [-0.25, -0.2) is 4.68 Å². The number of nitrogens with zero attached hydrogens (tertiary/aromatic N) is 4. The molecule has 0 aliphatic heterocycles. The first-order valence-electron chi connectivity index (χ1n) is 6.04. The Labute approximate surface area is 110 Å². The molecule has 0 unspecified atom stereocenters. The highest BCUT2D eigenvalue weighted by molar-refractivity contribution is 5.78. The molecule has 1 aromatic heterocycles. The first kappa shape index (κ1) is 11.8. The summed E-state index contributed by atoms with van der Waals surface area (Å²) < 4.78 is 12.3. The van der Waals surface area contributed by atoms with Crippen molar-refractivity contribution in [2.24, 2.45) is 0 Å². The molecule has 0 atom stereocenters. The van der Waals surface area contributed by atoms with E-state index in [1.165, 1.54) is 0 Å². The molecule has 1 aliphatic rings. The second-order valence-corrected chi connectivity index (χ2v) is 4.47. The average Bonchev–Trinajstić information content (AvgIpc) is 3.17. The summed E-state index contributed by atoms with van der Waals surface area (Å²) in [4.78, 5) is 0. The number of rotatable bonds is 4. The predicted octanol–water partition coefficient (Wildman–Crippen LogP) is 1.27. The molecule has 1 aromatic carbocycles. The molecule has 2 aromatic rings. The Morgan fingerprint density at radius 3 is 2.68 bits per heavy atom. The van der Waals surface area contributed by atoms with E-state index in [-0.39, 0.29) is 0 Å². The fourth-order valence-electron chi connectivity index (χ4n) is 2.01. The molecule has 0 spiro atoms. The standard InChI is InChI=1S/C12H15N5O2/c1-18-8-5-9(11(13)10(6-8)19-2)12-14-15-16-17(12)7-3-4-7/h5-7H,3-4,13H2,1-2H3. The van der Waals surface area contributed by atoms with E-state index in [2.05, 4.69) is 15.5 Å². The molecule has 1 heterocycles. The number of hydrogen-bond acceptors (Lipinski definition) is 6. The highest BCUT2D eigenvalue weighted by Crippen LogP contribution is 2.41. The number of nitrogens with two attached hydrogens (primary N) is 1. The first-order valence-corrected chi connectivity index (χ1v) is 6.04.